The Bertz CT molecular complexity index is 238. The zero-order valence-corrected chi connectivity index (χ0v) is 8.56. The molecule has 0 aliphatic carbocycles. The van der Waals surface area contributed by atoms with Crippen LogP contribution >= 0.6 is 12.8 Å². The lowest BCUT2D eigenvalue weighted by atomic mass is 10.2. The molecule has 0 bridgehead atoms. The molecular formula is C10H15NS. The lowest BCUT2D eigenvalue weighted by Crippen LogP contribution is -2.09. The summed E-state index contributed by atoms with van der Waals surface area (Å²) in [5.74, 6) is 0. The van der Waals surface area contributed by atoms with Crippen molar-refractivity contribution in [2.45, 2.75) is 13.8 Å². The van der Waals surface area contributed by atoms with E-state index in [0.29, 0.717) is 0 Å². The first kappa shape index (κ1) is 11.1. The van der Waals surface area contributed by atoms with Gasteiger partial charge in [0.05, 0.1) is 0 Å². The van der Waals surface area contributed by atoms with Gasteiger partial charge in [-0.15, -0.1) is 0 Å². The maximum atomic E-state index is 4.25. The van der Waals surface area contributed by atoms with E-state index in [1.807, 2.05) is 19.9 Å². The quantitative estimate of drug-likeness (QED) is 0.514. The molecule has 1 nitrogen and oxygen atoms in total. The van der Waals surface area contributed by atoms with Crippen LogP contribution < -0.4 is 0 Å². The van der Waals surface area contributed by atoms with Gasteiger partial charge in [0.25, 0.3) is 0 Å². The summed E-state index contributed by atoms with van der Waals surface area (Å²) < 4.78 is 1.66. The predicted molar refractivity (Wildman–Crippen MR) is 58.7 cm³/mol. The molecule has 12 heavy (non-hydrogen) atoms. The van der Waals surface area contributed by atoms with E-state index in [0.717, 1.165) is 17.0 Å². The fraction of sp³-hybridized carbons (Fsp3) is 0.200. The minimum atomic E-state index is 0.784. The Labute approximate surface area is 80.3 Å². The second-order valence-corrected chi connectivity index (χ2v) is 2.86. The second kappa shape index (κ2) is 4.88. The number of hydrogen-bond donors (Lipinski definition) is 1. The number of nitrogens with zero attached hydrogens (tertiary/aromatic N) is 1. The molecule has 0 saturated heterocycles. The van der Waals surface area contributed by atoms with Crippen molar-refractivity contribution in [2.75, 3.05) is 0 Å². The predicted octanol–water partition coefficient (Wildman–Crippen LogP) is 3.31. The van der Waals surface area contributed by atoms with E-state index in [4.69, 9.17) is 0 Å². The molecule has 66 valence electrons. The van der Waals surface area contributed by atoms with Crippen LogP contribution in [0.3, 0.4) is 0 Å². The first-order valence-corrected chi connectivity index (χ1v) is 4.07. The number of allylic oxidation sites excluding steroid dienone is 3. The van der Waals surface area contributed by atoms with Gasteiger partial charge in [0.15, 0.2) is 0 Å². The highest BCUT2D eigenvalue weighted by molar-refractivity contribution is 7.78. The highest BCUT2D eigenvalue weighted by Crippen LogP contribution is 2.19. The van der Waals surface area contributed by atoms with Gasteiger partial charge in [-0.05, 0) is 25.5 Å². The molecule has 0 N–H and O–H groups in total. The first-order valence-electron chi connectivity index (χ1n) is 3.67. The molecule has 0 radical (unpaired) electrons. The van der Waals surface area contributed by atoms with Gasteiger partial charge in [0.2, 0.25) is 0 Å². The first-order chi connectivity index (χ1) is 5.54. The summed E-state index contributed by atoms with van der Waals surface area (Å²) in [6.45, 7) is 15.1. The van der Waals surface area contributed by atoms with Crippen molar-refractivity contribution in [3.63, 3.8) is 0 Å². The van der Waals surface area contributed by atoms with E-state index in [1.165, 1.54) is 0 Å². The van der Waals surface area contributed by atoms with E-state index in [-0.39, 0.29) is 0 Å². The molecule has 0 heterocycles. The smallest absolute Gasteiger partial charge is 0.0474 e. The Morgan fingerprint density at radius 3 is 2.17 bits per heavy atom. The summed E-state index contributed by atoms with van der Waals surface area (Å²) in [5.41, 5.74) is 2.59. The van der Waals surface area contributed by atoms with Crippen molar-refractivity contribution >= 4 is 12.8 Å². The van der Waals surface area contributed by atoms with Gasteiger partial charge in [-0.25, -0.2) is 0 Å². The van der Waals surface area contributed by atoms with Crippen molar-refractivity contribution in [2.24, 2.45) is 0 Å². The molecule has 0 amide bonds. The highest BCUT2D eigenvalue weighted by atomic mass is 32.1. The Balaban J connectivity index is 4.59. The molecule has 0 atom stereocenters. The summed E-state index contributed by atoms with van der Waals surface area (Å²) in [6, 6.07) is 0. The van der Waals surface area contributed by atoms with Gasteiger partial charge in [-0.2, -0.15) is 0 Å². The largest absolute Gasteiger partial charge is 0.288 e. The Morgan fingerprint density at radius 1 is 1.42 bits per heavy atom. The lowest BCUT2D eigenvalue weighted by Gasteiger charge is -2.20. The van der Waals surface area contributed by atoms with Gasteiger partial charge >= 0.3 is 0 Å². The molecule has 0 spiro atoms. The lowest BCUT2D eigenvalue weighted by molar-refractivity contribution is 0.749. The number of hydrogen-bond acceptors (Lipinski definition) is 2. The Kier molecular flexibility index (Phi) is 4.52. The third kappa shape index (κ3) is 2.62. The van der Waals surface area contributed by atoms with Gasteiger partial charge in [-0.3, -0.25) is 4.31 Å². The number of rotatable bonds is 4. The molecule has 0 aromatic heterocycles. The van der Waals surface area contributed by atoms with Crippen molar-refractivity contribution in [1.29, 1.82) is 0 Å². The van der Waals surface area contributed by atoms with Crippen LogP contribution in [0.5, 0.6) is 0 Å². The molecule has 0 saturated carbocycles. The van der Waals surface area contributed by atoms with Gasteiger partial charge in [0, 0.05) is 11.4 Å². The molecule has 0 unspecified atom stereocenters. The van der Waals surface area contributed by atoms with E-state index in [1.54, 1.807) is 10.4 Å². The molecule has 0 aromatic rings. The Hall–Kier alpha value is -0.890. The van der Waals surface area contributed by atoms with Crippen molar-refractivity contribution < 1.29 is 0 Å². The van der Waals surface area contributed by atoms with Crippen LogP contribution in [0, 0.1) is 0 Å². The van der Waals surface area contributed by atoms with Gasteiger partial charge < -0.3 is 0 Å². The van der Waals surface area contributed by atoms with Gasteiger partial charge in [0.1, 0.15) is 0 Å². The van der Waals surface area contributed by atoms with Crippen molar-refractivity contribution in [1.82, 2.24) is 4.31 Å². The van der Waals surface area contributed by atoms with Crippen LogP contribution in [0.25, 0.3) is 0 Å². The summed E-state index contributed by atoms with van der Waals surface area (Å²) in [6.07, 6.45) is 3.63. The topological polar surface area (TPSA) is 3.24 Å². The fourth-order valence-corrected chi connectivity index (χ4v) is 1.03. The van der Waals surface area contributed by atoms with Crippen LogP contribution in [-0.4, -0.2) is 4.31 Å². The van der Waals surface area contributed by atoms with Crippen LogP contribution in [0.4, 0.5) is 0 Å². The summed E-state index contributed by atoms with van der Waals surface area (Å²) in [5, 5.41) is 0. The third-order valence-electron chi connectivity index (χ3n) is 1.50. The summed E-state index contributed by atoms with van der Waals surface area (Å²) >= 11 is 4.25. The highest BCUT2D eigenvalue weighted by Gasteiger charge is 2.05. The molecule has 2 heteroatoms. The summed E-state index contributed by atoms with van der Waals surface area (Å²) in [7, 11) is 0. The molecule has 0 aliphatic heterocycles. The third-order valence-corrected chi connectivity index (χ3v) is 1.97. The molecule has 0 rings (SSSR count). The average Bonchev–Trinajstić information content (AvgIpc) is 2.05. The average molecular weight is 181 g/mol. The van der Waals surface area contributed by atoms with Crippen LogP contribution in [-0.2, 0) is 0 Å². The second-order valence-electron chi connectivity index (χ2n) is 2.46. The fourth-order valence-electron chi connectivity index (χ4n) is 0.663. The monoisotopic (exact) mass is 181 g/mol. The molecule has 0 aliphatic rings. The maximum Gasteiger partial charge on any atom is 0.0474 e. The van der Waals surface area contributed by atoms with E-state index >= 15 is 0 Å². The molecule has 0 fully saturated rings. The summed E-state index contributed by atoms with van der Waals surface area (Å²) in [4.78, 5) is 0. The zero-order chi connectivity index (χ0) is 9.72. The SMILES string of the molecule is C=C/C(=C\C)N(S)C(=C)C(=C)C. The van der Waals surface area contributed by atoms with Crippen LogP contribution in [0.15, 0.2) is 48.9 Å². The van der Waals surface area contributed by atoms with E-state index in [9.17, 15) is 0 Å². The van der Waals surface area contributed by atoms with E-state index in [2.05, 4.69) is 32.6 Å². The van der Waals surface area contributed by atoms with Crippen molar-refractivity contribution in [3.8, 4) is 0 Å². The standard InChI is InChI=1S/C10H15NS/c1-6-10(7-2)11(12)9(5)8(3)4/h6-7,12H,1,3,5H2,2,4H3/b10-7+. The molecule has 0 aromatic carbocycles. The Morgan fingerprint density at radius 2 is 1.92 bits per heavy atom. The minimum Gasteiger partial charge on any atom is -0.288 e. The molecular weight excluding hydrogens is 166 g/mol. The van der Waals surface area contributed by atoms with Crippen LogP contribution in [0.1, 0.15) is 13.8 Å². The normalized spacial score (nSPS) is 10.8. The van der Waals surface area contributed by atoms with Crippen LogP contribution in [0.2, 0.25) is 0 Å². The van der Waals surface area contributed by atoms with Gasteiger partial charge in [-0.1, -0.05) is 38.6 Å². The maximum absolute atomic E-state index is 4.25. The zero-order valence-electron chi connectivity index (χ0n) is 7.67. The van der Waals surface area contributed by atoms with Crippen molar-refractivity contribution in [3.05, 3.63) is 48.9 Å². The number of thiol groups is 1. The minimum absolute atomic E-state index is 0.784. The van der Waals surface area contributed by atoms with E-state index < -0.39 is 0 Å².